The van der Waals surface area contributed by atoms with Gasteiger partial charge in [0, 0.05) is 57.3 Å². The molecule has 0 aromatic heterocycles. The van der Waals surface area contributed by atoms with Crippen molar-refractivity contribution in [3.05, 3.63) is 83.7 Å². The predicted molar refractivity (Wildman–Crippen MR) is 213 cm³/mol. The number of hydrogen-bond acceptors (Lipinski definition) is 10. The molecule has 1 saturated carbocycles. The van der Waals surface area contributed by atoms with Crippen LogP contribution in [0.15, 0.2) is 71.9 Å². The molecular weight excluding hydrogens is 741 g/mol. The van der Waals surface area contributed by atoms with Crippen LogP contribution in [0.4, 0.5) is 9.18 Å². The maximum absolute atomic E-state index is 14.3. The fourth-order valence-electron chi connectivity index (χ4n) is 8.76. The van der Waals surface area contributed by atoms with Gasteiger partial charge in [-0.25, -0.2) is 9.18 Å². The molecule has 2 heterocycles. The number of nitrogens with zero attached hydrogens (tertiary/aromatic N) is 3. The van der Waals surface area contributed by atoms with Gasteiger partial charge in [-0.3, -0.25) is 9.80 Å². The Kier molecular flexibility index (Phi) is 15.1. The molecule has 1 saturated heterocycles. The van der Waals surface area contributed by atoms with Gasteiger partial charge in [-0.1, -0.05) is 42.3 Å². The summed E-state index contributed by atoms with van der Waals surface area (Å²) in [5.74, 6) is -0.889. The van der Waals surface area contributed by atoms with Crippen LogP contribution in [0.3, 0.4) is 0 Å². The van der Waals surface area contributed by atoms with E-state index in [2.05, 4.69) is 23.6 Å². The number of rotatable bonds is 22. The van der Waals surface area contributed by atoms with E-state index in [1.165, 1.54) is 12.1 Å². The minimum Gasteiger partial charge on any atom is -0.492 e. The van der Waals surface area contributed by atoms with Crippen molar-refractivity contribution in [2.24, 2.45) is 22.9 Å². The van der Waals surface area contributed by atoms with E-state index in [1.807, 2.05) is 19.1 Å². The van der Waals surface area contributed by atoms with Crippen LogP contribution in [0.25, 0.3) is 0 Å². The van der Waals surface area contributed by atoms with Gasteiger partial charge >= 0.3 is 6.09 Å². The lowest BCUT2D eigenvalue weighted by Crippen LogP contribution is -2.70. The number of amides is 1. The van der Waals surface area contributed by atoms with Crippen LogP contribution in [-0.2, 0) is 20.9 Å². The van der Waals surface area contributed by atoms with E-state index < -0.39 is 23.8 Å². The average molecular weight is 798 g/mol. The summed E-state index contributed by atoms with van der Waals surface area (Å²) in [6, 6.07) is 11.2. The smallest absolute Gasteiger partial charge is 0.410 e. The van der Waals surface area contributed by atoms with Gasteiger partial charge in [0.2, 0.25) is 5.79 Å². The monoisotopic (exact) mass is 797 g/mol. The first kappa shape index (κ1) is 41.9. The van der Waals surface area contributed by atoms with Crippen molar-refractivity contribution in [3.63, 3.8) is 0 Å². The summed E-state index contributed by atoms with van der Waals surface area (Å²) < 4.78 is 40.5. The molecule has 13 heteroatoms. The molecule has 1 amide bonds. The van der Waals surface area contributed by atoms with Crippen molar-refractivity contribution in [2.45, 2.75) is 76.2 Å². The molecule has 0 unspecified atom stereocenters. The number of allylic oxidation sites excluding steroid dienone is 1. The van der Waals surface area contributed by atoms with Crippen LogP contribution < -0.4 is 9.47 Å². The number of aliphatic hydroxyl groups is 2. The second-order valence-electron chi connectivity index (χ2n) is 14.9. The van der Waals surface area contributed by atoms with Gasteiger partial charge < -0.3 is 34.0 Å². The number of oxime groups is 1. The summed E-state index contributed by atoms with van der Waals surface area (Å²) in [6.45, 7) is 10.2. The zero-order valence-corrected chi connectivity index (χ0v) is 33.2. The highest BCUT2D eigenvalue weighted by Crippen LogP contribution is 2.62. The van der Waals surface area contributed by atoms with Crippen molar-refractivity contribution < 1.29 is 43.2 Å². The fourth-order valence-corrected chi connectivity index (χ4v) is 8.84. The first-order valence-corrected chi connectivity index (χ1v) is 20.7. The van der Waals surface area contributed by atoms with Crippen molar-refractivity contribution in [3.8, 4) is 11.5 Å². The maximum atomic E-state index is 14.3. The SMILES string of the molecule is C=CCO[C@@]12Oc3ccc(OCCN4CC4)cc3[C@H]3[C@H](CCCCO)[C@@H](CCCCO)C=C(C(=NOCC)C[C@@H]1N(Cc1ccc(F)cc1)C(=O)OCCCl)[C@H]32. The van der Waals surface area contributed by atoms with Crippen LogP contribution in [0.1, 0.15) is 68.9 Å². The summed E-state index contributed by atoms with van der Waals surface area (Å²) in [6.07, 6.45) is 8.19. The number of carbonyl (C=O) groups is 1. The predicted octanol–water partition coefficient (Wildman–Crippen LogP) is 7.05. The van der Waals surface area contributed by atoms with E-state index in [0.29, 0.717) is 43.1 Å². The minimum absolute atomic E-state index is 0.0165. The number of hydrogen-bond donors (Lipinski definition) is 2. The van der Waals surface area contributed by atoms with E-state index >= 15 is 0 Å². The Hall–Kier alpha value is -3.68. The first-order valence-electron chi connectivity index (χ1n) is 20.2. The van der Waals surface area contributed by atoms with Gasteiger partial charge in [-0.2, -0.15) is 0 Å². The Morgan fingerprint density at radius 1 is 1.11 bits per heavy atom. The fraction of sp³-hybridized carbons (Fsp3) is 0.581. The van der Waals surface area contributed by atoms with Crippen LogP contribution in [0.5, 0.6) is 11.5 Å². The number of benzene rings is 2. The lowest BCUT2D eigenvalue weighted by molar-refractivity contribution is -0.256. The minimum atomic E-state index is -1.46. The molecule has 0 bridgehead atoms. The van der Waals surface area contributed by atoms with Crippen LogP contribution in [0.2, 0.25) is 0 Å². The average Bonchev–Trinajstić information content (AvgIpc) is 4.04. The lowest BCUT2D eigenvalue weighted by atomic mass is 9.55. The molecule has 2 aromatic rings. The molecule has 6 rings (SSSR count). The zero-order chi connectivity index (χ0) is 39.5. The molecule has 2 fully saturated rings. The number of halogens is 2. The summed E-state index contributed by atoms with van der Waals surface area (Å²) in [5.41, 5.74) is 3.28. The summed E-state index contributed by atoms with van der Waals surface area (Å²) in [5, 5.41) is 24.4. The quantitative estimate of drug-likeness (QED) is 0.0425. The molecule has 11 nitrogen and oxygen atoms in total. The molecule has 2 aromatic carbocycles. The molecule has 6 atom stereocenters. The van der Waals surface area contributed by atoms with E-state index in [0.717, 1.165) is 62.2 Å². The van der Waals surface area contributed by atoms with Gasteiger partial charge in [-0.05, 0) is 85.9 Å². The van der Waals surface area contributed by atoms with Crippen LogP contribution in [-0.4, -0.2) is 109 Å². The molecule has 306 valence electrons. The summed E-state index contributed by atoms with van der Waals surface area (Å²) in [4.78, 5) is 24.0. The number of alkyl halides is 1. The normalized spacial score (nSPS) is 25.7. The molecule has 2 N–H and O–H groups in total. The Bertz CT molecular complexity index is 1670. The van der Waals surface area contributed by atoms with Crippen molar-refractivity contribution in [1.29, 1.82) is 0 Å². The Morgan fingerprint density at radius 3 is 2.57 bits per heavy atom. The Labute approximate surface area is 335 Å². The van der Waals surface area contributed by atoms with Crippen LogP contribution in [0, 0.1) is 23.6 Å². The number of ether oxygens (including phenoxy) is 4. The van der Waals surface area contributed by atoms with Crippen LogP contribution >= 0.6 is 11.6 Å². The highest BCUT2D eigenvalue weighted by Gasteiger charge is 2.65. The summed E-state index contributed by atoms with van der Waals surface area (Å²) >= 11 is 6.03. The maximum Gasteiger partial charge on any atom is 0.410 e. The zero-order valence-electron chi connectivity index (χ0n) is 32.5. The third-order valence-corrected chi connectivity index (χ3v) is 11.5. The first-order chi connectivity index (χ1) is 27.4. The molecule has 0 spiro atoms. The number of aliphatic hydroxyl groups excluding tert-OH is 2. The van der Waals surface area contributed by atoms with Gasteiger partial charge in [0.25, 0.3) is 0 Å². The van der Waals surface area contributed by atoms with Crippen molar-refractivity contribution >= 4 is 23.4 Å². The third-order valence-electron chi connectivity index (χ3n) is 11.3. The standard InChI is InChI=1S/C43H57ClFN3O8/c1-3-23-54-43-39(48(42(51)53-24-17-44)29-30-11-13-32(45)14-12-30)28-37(46-55-4-2)35-26-31(9-5-7-21-49)34(10-6-8-22-50)40(41(35)43)36-27-33(15-16-38(36)56-43)52-25-20-47-18-19-47/h3,11-16,26-27,31,34,39-41,49-50H,1,4-10,17-25,28-29H2,2H3/t31-,34+,39-,40+,41+,43+/m0/s1. The van der Waals surface area contributed by atoms with Gasteiger partial charge in [0.15, 0.2) is 0 Å². The molecule has 2 aliphatic carbocycles. The molecule has 0 radical (unpaired) electrons. The molecular formula is C43H57ClFN3O8. The number of unbranched alkanes of at least 4 members (excludes halogenated alkanes) is 2. The molecule has 56 heavy (non-hydrogen) atoms. The van der Waals surface area contributed by atoms with Gasteiger partial charge in [-0.15, -0.1) is 18.2 Å². The van der Waals surface area contributed by atoms with E-state index in [9.17, 15) is 19.4 Å². The van der Waals surface area contributed by atoms with Crippen molar-refractivity contribution in [2.75, 3.05) is 65.2 Å². The Morgan fingerprint density at radius 2 is 1.88 bits per heavy atom. The highest BCUT2D eigenvalue weighted by atomic mass is 35.5. The second-order valence-corrected chi connectivity index (χ2v) is 15.3. The number of fused-ring (bicyclic) bond motifs is 2. The third kappa shape index (κ3) is 9.70. The van der Waals surface area contributed by atoms with Crippen molar-refractivity contribution in [1.82, 2.24) is 9.80 Å². The van der Waals surface area contributed by atoms with Gasteiger partial charge in [0.1, 0.15) is 43.2 Å². The van der Waals surface area contributed by atoms with E-state index in [4.69, 9.17) is 40.5 Å². The topological polar surface area (TPSA) is 122 Å². The summed E-state index contributed by atoms with van der Waals surface area (Å²) in [7, 11) is 0. The lowest BCUT2D eigenvalue weighted by Gasteiger charge is -2.59. The molecule has 2 aliphatic heterocycles. The van der Waals surface area contributed by atoms with E-state index in [-0.39, 0.29) is 68.8 Å². The van der Waals surface area contributed by atoms with E-state index in [1.54, 1.807) is 23.1 Å². The largest absolute Gasteiger partial charge is 0.492 e. The number of carbonyl (C=O) groups excluding carboxylic acids is 1. The Balaban J connectivity index is 1.56. The highest BCUT2D eigenvalue weighted by molar-refractivity contribution is 6.18. The molecule has 4 aliphatic rings. The second kappa shape index (κ2) is 20.1. The van der Waals surface area contributed by atoms with Gasteiger partial charge in [0.05, 0.1) is 24.1 Å².